The van der Waals surface area contributed by atoms with Crippen molar-refractivity contribution in [3.63, 3.8) is 0 Å². The van der Waals surface area contributed by atoms with Crippen LogP contribution in [0.2, 0.25) is 0 Å². The van der Waals surface area contributed by atoms with Crippen molar-refractivity contribution in [2.45, 2.75) is 46.3 Å². The molecule has 0 aliphatic carbocycles. The van der Waals surface area contributed by atoms with Gasteiger partial charge in [-0.1, -0.05) is 20.3 Å². The van der Waals surface area contributed by atoms with Crippen molar-refractivity contribution in [1.82, 2.24) is 9.78 Å². The van der Waals surface area contributed by atoms with E-state index in [1.165, 1.54) is 0 Å². The van der Waals surface area contributed by atoms with Gasteiger partial charge in [-0.25, -0.2) is 0 Å². The highest BCUT2D eigenvalue weighted by molar-refractivity contribution is 5.04. The first-order chi connectivity index (χ1) is 6.69. The van der Waals surface area contributed by atoms with Crippen molar-refractivity contribution in [1.29, 1.82) is 0 Å². The van der Waals surface area contributed by atoms with Gasteiger partial charge in [0.15, 0.2) is 0 Å². The minimum Gasteiger partial charge on any atom is -0.387 e. The second-order valence-corrected chi connectivity index (χ2v) is 3.84. The smallest absolute Gasteiger partial charge is 0.0959 e. The van der Waals surface area contributed by atoms with Gasteiger partial charge in [0.05, 0.1) is 11.8 Å². The third kappa shape index (κ3) is 2.58. The van der Waals surface area contributed by atoms with Gasteiger partial charge in [-0.2, -0.15) is 5.10 Å². The van der Waals surface area contributed by atoms with E-state index in [2.05, 4.69) is 18.9 Å². The Morgan fingerprint density at radius 3 is 2.79 bits per heavy atom. The van der Waals surface area contributed by atoms with Crippen LogP contribution in [0, 0.1) is 5.92 Å². The fourth-order valence-electron chi connectivity index (χ4n) is 1.56. The Hall–Kier alpha value is -0.830. The number of rotatable bonds is 5. The number of aliphatic hydroxyl groups excluding tert-OH is 1. The minimum atomic E-state index is -0.368. The van der Waals surface area contributed by atoms with E-state index in [1.54, 1.807) is 6.20 Å². The molecule has 80 valence electrons. The second kappa shape index (κ2) is 5.15. The second-order valence-electron chi connectivity index (χ2n) is 3.84. The van der Waals surface area contributed by atoms with Crippen LogP contribution in [0.25, 0.3) is 0 Å². The molecule has 0 amide bonds. The molecule has 3 nitrogen and oxygen atoms in total. The summed E-state index contributed by atoms with van der Waals surface area (Å²) in [6.07, 6.45) is 3.31. The van der Waals surface area contributed by atoms with Gasteiger partial charge in [-0.05, 0) is 25.3 Å². The summed E-state index contributed by atoms with van der Waals surface area (Å²) in [6.45, 7) is 7.16. The summed E-state index contributed by atoms with van der Waals surface area (Å²) < 4.78 is 1.85. The normalized spacial score (nSPS) is 15.4. The number of hydrogen-bond donors (Lipinski definition) is 1. The van der Waals surface area contributed by atoms with E-state index in [9.17, 15) is 5.11 Å². The first-order valence-corrected chi connectivity index (χ1v) is 5.38. The summed E-state index contributed by atoms with van der Waals surface area (Å²) in [4.78, 5) is 0. The first-order valence-electron chi connectivity index (χ1n) is 5.38. The lowest BCUT2D eigenvalue weighted by Gasteiger charge is -2.15. The van der Waals surface area contributed by atoms with Crippen molar-refractivity contribution in [2.24, 2.45) is 5.92 Å². The summed E-state index contributed by atoms with van der Waals surface area (Å²) >= 11 is 0. The van der Waals surface area contributed by atoms with E-state index in [4.69, 9.17) is 0 Å². The van der Waals surface area contributed by atoms with Gasteiger partial charge in [0.1, 0.15) is 0 Å². The predicted molar refractivity (Wildman–Crippen MR) is 56.9 cm³/mol. The monoisotopic (exact) mass is 196 g/mol. The van der Waals surface area contributed by atoms with Gasteiger partial charge in [0.25, 0.3) is 0 Å². The first kappa shape index (κ1) is 11.2. The number of nitrogens with zero attached hydrogens (tertiary/aromatic N) is 2. The van der Waals surface area contributed by atoms with Crippen LogP contribution < -0.4 is 0 Å². The quantitative estimate of drug-likeness (QED) is 0.785. The zero-order valence-electron chi connectivity index (χ0n) is 9.27. The molecule has 0 bridgehead atoms. The van der Waals surface area contributed by atoms with Crippen LogP contribution in [-0.2, 0) is 6.54 Å². The maximum atomic E-state index is 9.96. The summed E-state index contributed by atoms with van der Waals surface area (Å²) in [7, 11) is 0. The maximum absolute atomic E-state index is 9.96. The van der Waals surface area contributed by atoms with Gasteiger partial charge in [-0.3, -0.25) is 4.68 Å². The average Bonchev–Trinajstić information content (AvgIpc) is 2.65. The third-order valence-electron chi connectivity index (χ3n) is 2.71. The van der Waals surface area contributed by atoms with Crippen LogP contribution in [0.3, 0.4) is 0 Å². The van der Waals surface area contributed by atoms with Crippen molar-refractivity contribution >= 4 is 0 Å². The van der Waals surface area contributed by atoms with Crippen LogP contribution in [0.15, 0.2) is 12.3 Å². The van der Waals surface area contributed by atoms with Gasteiger partial charge in [0.2, 0.25) is 0 Å². The van der Waals surface area contributed by atoms with E-state index < -0.39 is 0 Å². The average molecular weight is 196 g/mol. The highest BCUT2D eigenvalue weighted by Gasteiger charge is 2.14. The van der Waals surface area contributed by atoms with Crippen molar-refractivity contribution in [3.8, 4) is 0 Å². The largest absolute Gasteiger partial charge is 0.387 e. The van der Waals surface area contributed by atoms with E-state index in [0.717, 1.165) is 25.1 Å². The van der Waals surface area contributed by atoms with Crippen molar-refractivity contribution < 1.29 is 5.11 Å². The number of aryl methyl sites for hydroxylation is 1. The molecular formula is C11H20N2O. The standard InChI is InChI=1S/C11H20N2O/c1-4-9(3)8-11(14)10-6-7-12-13(10)5-2/h6-7,9,11,14H,4-5,8H2,1-3H3. The molecule has 0 aliphatic heterocycles. The molecule has 2 atom stereocenters. The Kier molecular flexibility index (Phi) is 4.14. The minimum absolute atomic E-state index is 0.368. The molecule has 0 saturated carbocycles. The molecule has 1 rings (SSSR count). The fourth-order valence-corrected chi connectivity index (χ4v) is 1.56. The lowest BCUT2D eigenvalue weighted by atomic mass is 9.99. The molecule has 2 unspecified atom stereocenters. The molecule has 0 aromatic carbocycles. The molecule has 0 radical (unpaired) electrons. The van der Waals surface area contributed by atoms with Crippen LogP contribution in [-0.4, -0.2) is 14.9 Å². The Morgan fingerprint density at radius 2 is 2.21 bits per heavy atom. The molecule has 0 aliphatic rings. The summed E-state index contributed by atoms with van der Waals surface area (Å²) in [5.74, 6) is 0.560. The molecule has 3 heteroatoms. The Bertz CT molecular complexity index is 270. The Morgan fingerprint density at radius 1 is 1.50 bits per heavy atom. The van der Waals surface area contributed by atoms with E-state index in [-0.39, 0.29) is 6.10 Å². The molecule has 1 N–H and O–H groups in total. The molecule has 0 saturated heterocycles. The summed E-state index contributed by atoms with van der Waals surface area (Å²) in [6, 6.07) is 1.90. The Labute approximate surface area is 85.8 Å². The topological polar surface area (TPSA) is 38.1 Å². The molecular weight excluding hydrogens is 176 g/mol. The maximum Gasteiger partial charge on any atom is 0.0959 e. The van der Waals surface area contributed by atoms with Gasteiger partial charge in [-0.15, -0.1) is 0 Å². The lowest BCUT2D eigenvalue weighted by Crippen LogP contribution is -2.10. The molecule has 1 heterocycles. The number of hydrogen-bond acceptors (Lipinski definition) is 2. The van der Waals surface area contributed by atoms with Gasteiger partial charge < -0.3 is 5.11 Å². The zero-order chi connectivity index (χ0) is 10.6. The third-order valence-corrected chi connectivity index (χ3v) is 2.71. The van der Waals surface area contributed by atoms with Crippen LogP contribution in [0.1, 0.15) is 45.4 Å². The van der Waals surface area contributed by atoms with E-state index in [0.29, 0.717) is 5.92 Å². The summed E-state index contributed by atoms with van der Waals surface area (Å²) in [5.41, 5.74) is 0.938. The molecule has 0 spiro atoms. The Balaban J connectivity index is 2.64. The van der Waals surface area contributed by atoms with Crippen LogP contribution >= 0.6 is 0 Å². The zero-order valence-corrected chi connectivity index (χ0v) is 9.27. The predicted octanol–water partition coefficient (Wildman–Crippen LogP) is 2.37. The van der Waals surface area contributed by atoms with E-state index >= 15 is 0 Å². The molecule has 1 aromatic rings. The fraction of sp³-hybridized carbons (Fsp3) is 0.727. The highest BCUT2D eigenvalue weighted by Crippen LogP contribution is 2.22. The molecule has 1 aromatic heterocycles. The van der Waals surface area contributed by atoms with Crippen LogP contribution in [0.4, 0.5) is 0 Å². The molecule has 14 heavy (non-hydrogen) atoms. The summed E-state index contributed by atoms with van der Waals surface area (Å²) in [5, 5.41) is 14.1. The lowest BCUT2D eigenvalue weighted by molar-refractivity contribution is 0.136. The number of aromatic nitrogens is 2. The van der Waals surface area contributed by atoms with Crippen LogP contribution in [0.5, 0.6) is 0 Å². The van der Waals surface area contributed by atoms with Gasteiger partial charge >= 0.3 is 0 Å². The number of aliphatic hydroxyl groups is 1. The molecule has 0 fully saturated rings. The highest BCUT2D eigenvalue weighted by atomic mass is 16.3. The van der Waals surface area contributed by atoms with E-state index in [1.807, 2.05) is 17.7 Å². The van der Waals surface area contributed by atoms with Crippen molar-refractivity contribution in [2.75, 3.05) is 0 Å². The van der Waals surface area contributed by atoms with Crippen molar-refractivity contribution in [3.05, 3.63) is 18.0 Å². The SMILES string of the molecule is CCC(C)CC(O)c1ccnn1CC. The van der Waals surface area contributed by atoms with Gasteiger partial charge in [0, 0.05) is 12.7 Å².